The molecule has 0 spiro atoms. The maximum Gasteiger partial charge on any atom is 0.154 e. The minimum absolute atomic E-state index is 0.0672. The number of hydrogen-bond donors (Lipinski definition) is 2. The van der Waals surface area contributed by atoms with Crippen molar-refractivity contribution in [1.82, 2.24) is 9.97 Å². The summed E-state index contributed by atoms with van der Waals surface area (Å²) in [7, 11) is 0. The zero-order chi connectivity index (χ0) is 11.7. The van der Waals surface area contributed by atoms with Crippen molar-refractivity contribution in [1.29, 1.82) is 0 Å². The average Bonchev–Trinajstić information content (AvgIpc) is 2.84. The molecule has 3 N–H and O–H groups in total. The second-order valence-corrected chi connectivity index (χ2v) is 4.34. The highest BCUT2D eigenvalue weighted by molar-refractivity contribution is 5.55. The molecule has 0 fully saturated rings. The lowest BCUT2D eigenvalue weighted by Crippen LogP contribution is -2.18. The van der Waals surface area contributed by atoms with Gasteiger partial charge in [-0.15, -0.1) is 0 Å². The van der Waals surface area contributed by atoms with Crippen LogP contribution in [0.5, 0.6) is 0 Å². The van der Waals surface area contributed by atoms with Crippen LogP contribution in [-0.2, 0) is 0 Å². The van der Waals surface area contributed by atoms with Crippen LogP contribution in [0.4, 0.5) is 0 Å². The van der Waals surface area contributed by atoms with E-state index in [4.69, 9.17) is 10.2 Å². The van der Waals surface area contributed by atoms with Crippen LogP contribution in [-0.4, -0.2) is 9.97 Å². The van der Waals surface area contributed by atoms with Gasteiger partial charge in [0.2, 0.25) is 0 Å². The summed E-state index contributed by atoms with van der Waals surface area (Å²) >= 11 is 0. The van der Waals surface area contributed by atoms with Crippen LogP contribution >= 0.6 is 0 Å². The van der Waals surface area contributed by atoms with E-state index in [0.717, 1.165) is 23.0 Å². The van der Waals surface area contributed by atoms with Gasteiger partial charge < -0.3 is 15.1 Å². The first-order valence-corrected chi connectivity index (χ1v) is 5.45. The average molecular weight is 219 g/mol. The molecule has 2 rings (SSSR count). The summed E-state index contributed by atoms with van der Waals surface area (Å²) in [5, 5.41) is 0. The smallest absolute Gasteiger partial charge is 0.154 e. The molecular formula is C12H17N3O. The van der Waals surface area contributed by atoms with Crippen molar-refractivity contribution < 1.29 is 4.42 Å². The van der Waals surface area contributed by atoms with Gasteiger partial charge in [-0.1, -0.05) is 13.8 Å². The standard InChI is InChI=1S/C12H17N3O/c1-7(2)10(13)12-14-8(3)11(15-12)9-5-4-6-16-9/h4-7,10H,13H2,1-3H3,(H,14,15). The summed E-state index contributed by atoms with van der Waals surface area (Å²) < 4.78 is 5.33. The Morgan fingerprint density at radius 1 is 1.44 bits per heavy atom. The Bertz CT molecular complexity index is 457. The highest BCUT2D eigenvalue weighted by atomic mass is 16.3. The van der Waals surface area contributed by atoms with Crippen molar-refractivity contribution in [2.24, 2.45) is 11.7 Å². The fourth-order valence-corrected chi connectivity index (χ4v) is 1.61. The lowest BCUT2D eigenvalue weighted by molar-refractivity contribution is 0.493. The summed E-state index contributed by atoms with van der Waals surface area (Å²) in [6.45, 7) is 6.13. The minimum Gasteiger partial charge on any atom is -0.463 e. The van der Waals surface area contributed by atoms with Crippen molar-refractivity contribution >= 4 is 0 Å². The molecule has 2 aromatic rings. The van der Waals surface area contributed by atoms with Gasteiger partial charge in [-0.2, -0.15) is 0 Å². The van der Waals surface area contributed by atoms with Crippen LogP contribution in [0.25, 0.3) is 11.5 Å². The van der Waals surface area contributed by atoms with E-state index >= 15 is 0 Å². The second-order valence-electron chi connectivity index (χ2n) is 4.34. The molecule has 0 amide bonds. The first-order chi connectivity index (χ1) is 7.59. The molecule has 0 radical (unpaired) electrons. The Kier molecular flexibility index (Phi) is 2.83. The van der Waals surface area contributed by atoms with Crippen LogP contribution in [0, 0.1) is 12.8 Å². The maximum atomic E-state index is 6.05. The quantitative estimate of drug-likeness (QED) is 0.833. The predicted octanol–water partition coefficient (Wildman–Crippen LogP) is 2.63. The third kappa shape index (κ3) is 1.88. The van der Waals surface area contributed by atoms with Crippen LogP contribution in [0.15, 0.2) is 22.8 Å². The predicted molar refractivity (Wildman–Crippen MR) is 62.8 cm³/mol. The molecule has 86 valence electrons. The van der Waals surface area contributed by atoms with Crippen LogP contribution < -0.4 is 5.73 Å². The van der Waals surface area contributed by atoms with Crippen molar-refractivity contribution in [3.05, 3.63) is 29.9 Å². The van der Waals surface area contributed by atoms with Crippen molar-refractivity contribution in [2.75, 3.05) is 0 Å². The SMILES string of the molecule is Cc1[nH]c(C(N)C(C)C)nc1-c1ccco1. The first kappa shape index (κ1) is 11.0. The molecule has 1 unspecified atom stereocenters. The number of imidazole rings is 1. The minimum atomic E-state index is -0.0672. The van der Waals surface area contributed by atoms with Crippen LogP contribution in [0.1, 0.15) is 31.4 Å². The van der Waals surface area contributed by atoms with Gasteiger partial charge in [0.25, 0.3) is 0 Å². The van der Waals surface area contributed by atoms with E-state index in [-0.39, 0.29) is 6.04 Å². The number of hydrogen-bond acceptors (Lipinski definition) is 3. The number of nitrogens with zero attached hydrogens (tertiary/aromatic N) is 1. The molecule has 0 saturated carbocycles. The Morgan fingerprint density at radius 2 is 2.19 bits per heavy atom. The molecule has 0 saturated heterocycles. The topological polar surface area (TPSA) is 67.8 Å². The van der Waals surface area contributed by atoms with Gasteiger partial charge in [-0.3, -0.25) is 0 Å². The van der Waals surface area contributed by atoms with E-state index in [1.165, 1.54) is 0 Å². The molecular weight excluding hydrogens is 202 g/mol. The number of H-pyrrole nitrogens is 1. The van der Waals surface area contributed by atoms with E-state index < -0.39 is 0 Å². The summed E-state index contributed by atoms with van der Waals surface area (Å²) in [4.78, 5) is 7.72. The van der Waals surface area contributed by atoms with E-state index in [9.17, 15) is 0 Å². The van der Waals surface area contributed by atoms with Crippen molar-refractivity contribution in [3.63, 3.8) is 0 Å². The van der Waals surface area contributed by atoms with E-state index in [0.29, 0.717) is 5.92 Å². The van der Waals surface area contributed by atoms with Gasteiger partial charge in [-0.25, -0.2) is 4.98 Å². The second kappa shape index (κ2) is 4.14. The van der Waals surface area contributed by atoms with Gasteiger partial charge in [0.15, 0.2) is 5.76 Å². The van der Waals surface area contributed by atoms with E-state index in [1.807, 2.05) is 19.1 Å². The third-order valence-corrected chi connectivity index (χ3v) is 2.69. The van der Waals surface area contributed by atoms with E-state index in [1.54, 1.807) is 6.26 Å². The first-order valence-electron chi connectivity index (χ1n) is 5.45. The molecule has 0 aromatic carbocycles. The molecule has 4 nitrogen and oxygen atoms in total. The molecule has 2 aromatic heterocycles. The summed E-state index contributed by atoms with van der Waals surface area (Å²) in [5.74, 6) is 1.95. The Balaban J connectivity index is 2.36. The molecule has 0 aliphatic heterocycles. The monoisotopic (exact) mass is 219 g/mol. The largest absolute Gasteiger partial charge is 0.463 e. The van der Waals surface area contributed by atoms with Gasteiger partial charge >= 0.3 is 0 Å². The number of aryl methyl sites for hydroxylation is 1. The Labute approximate surface area is 94.9 Å². The fourth-order valence-electron chi connectivity index (χ4n) is 1.61. The van der Waals surface area contributed by atoms with Gasteiger partial charge in [-0.05, 0) is 25.0 Å². The lowest BCUT2D eigenvalue weighted by atomic mass is 10.1. The third-order valence-electron chi connectivity index (χ3n) is 2.69. The number of nitrogens with two attached hydrogens (primary N) is 1. The van der Waals surface area contributed by atoms with E-state index in [2.05, 4.69) is 23.8 Å². The number of aromatic amines is 1. The molecule has 16 heavy (non-hydrogen) atoms. The zero-order valence-electron chi connectivity index (χ0n) is 9.82. The molecule has 0 aliphatic carbocycles. The Morgan fingerprint density at radius 3 is 2.75 bits per heavy atom. The summed E-state index contributed by atoms with van der Waals surface area (Å²) in [5.41, 5.74) is 7.88. The fraction of sp³-hybridized carbons (Fsp3) is 0.417. The Hall–Kier alpha value is -1.55. The zero-order valence-corrected chi connectivity index (χ0v) is 9.82. The normalized spacial score (nSPS) is 13.3. The van der Waals surface area contributed by atoms with Crippen molar-refractivity contribution in [2.45, 2.75) is 26.8 Å². The van der Waals surface area contributed by atoms with Gasteiger partial charge in [0.05, 0.1) is 12.3 Å². The number of rotatable bonds is 3. The molecule has 0 aliphatic rings. The van der Waals surface area contributed by atoms with Crippen LogP contribution in [0.2, 0.25) is 0 Å². The van der Waals surface area contributed by atoms with Crippen molar-refractivity contribution in [3.8, 4) is 11.5 Å². The molecule has 2 heterocycles. The van der Waals surface area contributed by atoms with Gasteiger partial charge in [0, 0.05) is 5.69 Å². The van der Waals surface area contributed by atoms with Gasteiger partial charge in [0.1, 0.15) is 11.5 Å². The number of nitrogens with one attached hydrogen (secondary N) is 1. The molecule has 4 heteroatoms. The molecule has 1 atom stereocenters. The summed E-state index contributed by atoms with van der Waals surface area (Å²) in [6, 6.07) is 3.68. The molecule has 0 bridgehead atoms. The number of furan rings is 1. The van der Waals surface area contributed by atoms with Crippen LogP contribution in [0.3, 0.4) is 0 Å². The summed E-state index contributed by atoms with van der Waals surface area (Å²) in [6.07, 6.45) is 1.64. The lowest BCUT2D eigenvalue weighted by Gasteiger charge is -2.11. The number of aromatic nitrogens is 2. The maximum absolute atomic E-state index is 6.05. The highest BCUT2D eigenvalue weighted by Crippen LogP contribution is 2.25. The highest BCUT2D eigenvalue weighted by Gasteiger charge is 2.17.